The summed E-state index contributed by atoms with van der Waals surface area (Å²) >= 11 is 5.63. The Morgan fingerprint density at radius 2 is 2.19 bits per heavy atom. The van der Waals surface area contributed by atoms with E-state index in [9.17, 15) is 9.18 Å². The van der Waals surface area contributed by atoms with E-state index in [-0.39, 0.29) is 10.8 Å². The molecule has 82 valence electrons. The molecule has 0 unspecified atom stereocenters. The van der Waals surface area contributed by atoms with Gasteiger partial charge in [-0.05, 0) is 35.9 Å². The first kappa shape index (κ1) is 10.7. The summed E-state index contributed by atoms with van der Waals surface area (Å²) in [5.74, 6) is -0.861. The fourth-order valence-corrected chi connectivity index (χ4v) is 1.42. The zero-order valence-corrected chi connectivity index (χ0v) is 8.79. The van der Waals surface area contributed by atoms with Crippen molar-refractivity contribution in [1.82, 2.24) is 0 Å². The minimum Gasteiger partial charge on any atom is -0.452 e. The molecule has 0 fully saturated rings. The Balaban J connectivity index is 2.17. The van der Waals surface area contributed by atoms with E-state index in [2.05, 4.69) is 5.32 Å². The molecule has 2 rings (SSSR count). The summed E-state index contributed by atoms with van der Waals surface area (Å²) in [4.78, 5) is 11.6. The fraction of sp³-hybridized carbons (Fsp3) is 0. The molecular formula is C11H7ClFNO2. The molecule has 0 saturated carbocycles. The molecule has 1 amide bonds. The number of benzene rings is 1. The number of halogens is 2. The first-order valence-electron chi connectivity index (χ1n) is 4.47. The molecule has 3 nitrogen and oxygen atoms in total. The van der Waals surface area contributed by atoms with Crippen molar-refractivity contribution in [3.63, 3.8) is 0 Å². The van der Waals surface area contributed by atoms with Crippen molar-refractivity contribution in [3.05, 3.63) is 53.2 Å². The van der Waals surface area contributed by atoms with Crippen molar-refractivity contribution in [1.29, 1.82) is 0 Å². The quantitative estimate of drug-likeness (QED) is 0.874. The molecule has 1 aromatic heterocycles. The lowest BCUT2D eigenvalue weighted by Crippen LogP contribution is -2.11. The number of carbonyl (C=O) groups excluding carboxylic acids is 1. The average molecular weight is 240 g/mol. The minimum atomic E-state index is -0.440. The average Bonchev–Trinajstić information content (AvgIpc) is 2.64. The molecule has 0 aliphatic carbocycles. The molecular weight excluding hydrogens is 233 g/mol. The van der Waals surface area contributed by atoms with Gasteiger partial charge in [0.1, 0.15) is 5.82 Å². The summed E-state index contributed by atoms with van der Waals surface area (Å²) in [6, 6.07) is 7.03. The van der Waals surface area contributed by atoms with Crippen molar-refractivity contribution >= 4 is 23.2 Å². The Labute approximate surface area is 95.8 Å². The van der Waals surface area contributed by atoms with Crippen molar-refractivity contribution < 1.29 is 13.6 Å². The molecule has 0 saturated heterocycles. The number of amides is 1. The summed E-state index contributed by atoms with van der Waals surface area (Å²) in [7, 11) is 0. The Bertz CT molecular complexity index is 524. The van der Waals surface area contributed by atoms with Crippen molar-refractivity contribution in [2.24, 2.45) is 0 Å². The minimum absolute atomic E-state index is 0.00824. The first-order valence-corrected chi connectivity index (χ1v) is 4.84. The Morgan fingerprint density at radius 1 is 1.38 bits per heavy atom. The second-order valence-corrected chi connectivity index (χ2v) is 3.42. The third-order valence-corrected chi connectivity index (χ3v) is 2.24. The maximum absolute atomic E-state index is 12.8. The lowest BCUT2D eigenvalue weighted by atomic mass is 10.2. The van der Waals surface area contributed by atoms with E-state index in [1.165, 1.54) is 30.5 Å². The van der Waals surface area contributed by atoms with Crippen LogP contribution in [-0.4, -0.2) is 5.91 Å². The number of anilines is 1. The highest BCUT2D eigenvalue weighted by Crippen LogP contribution is 2.18. The van der Waals surface area contributed by atoms with Gasteiger partial charge in [-0.25, -0.2) is 4.39 Å². The van der Waals surface area contributed by atoms with Gasteiger partial charge in [-0.3, -0.25) is 4.79 Å². The smallest absolute Gasteiger partial charge is 0.260 e. The van der Waals surface area contributed by atoms with Gasteiger partial charge in [-0.1, -0.05) is 6.07 Å². The van der Waals surface area contributed by atoms with Gasteiger partial charge in [0.2, 0.25) is 5.22 Å². The summed E-state index contributed by atoms with van der Waals surface area (Å²) < 4.78 is 17.6. The van der Waals surface area contributed by atoms with Gasteiger partial charge >= 0.3 is 0 Å². The van der Waals surface area contributed by atoms with E-state index in [1.807, 2.05) is 0 Å². The van der Waals surface area contributed by atoms with Crippen LogP contribution in [0.25, 0.3) is 0 Å². The highest BCUT2D eigenvalue weighted by atomic mass is 35.5. The van der Waals surface area contributed by atoms with Crippen LogP contribution in [0, 0.1) is 5.82 Å². The molecule has 0 spiro atoms. The van der Waals surface area contributed by atoms with Gasteiger partial charge in [0, 0.05) is 5.69 Å². The van der Waals surface area contributed by atoms with Crippen molar-refractivity contribution in [3.8, 4) is 0 Å². The second kappa shape index (κ2) is 4.37. The number of hydrogen-bond donors (Lipinski definition) is 1. The van der Waals surface area contributed by atoms with Crippen LogP contribution in [-0.2, 0) is 0 Å². The van der Waals surface area contributed by atoms with Gasteiger partial charge in [0.15, 0.2) is 0 Å². The van der Waals surface area contributed by atoms with Crippen LogP contribution in [0.5, 0.6) is 0 Å². The van der Waals surface area contributed by atoms with Gasteiger partial charge < -0.3 is 9.73 Å². The summed E-state index contributed by atoms with van der Waals surface area (Å²) in [5.41, 5.74) is 0.577. The lowest BCUT2D eigenvalue weighted by Gasteiger charge is -2.03. The topological polar surface area (TPSA) is 42.2 Å². The molecule has 0 radical (unpaired) electrons. The van der Waals surface area contributed by atoms with Crippen LogP contribution >= 0.6 is 11.6 Å². The SMILES string of the molecule is O=C(Nc1cccc(F)c1)c1ccoc1Cl. The number of hydrogen-bond acceptors (Lipinski definition) is 2. The molecule has 1 N–H and O–H groups in total. The molecule has 2 aromatic rings. The summed E-state index contributed by atoms with van der Waals surface area (Å²) in [5, 5.41) is 2.51. The van der Waals surface area contributed by atoms with Crippen LogP contribution < -0.4 is 5.32 Å². The van der Waals surface area contributed by atoms with E-state index in [4.69, 9.17) is 16.0 Å². The predicted molar refractivity (Wildman–Crippen MR) is 58.1 cm³/mol. The monoisotopic (exact) mass is 239 g/mol. The molecule has 1 heterocycles. The number of furan rings is 1. The van der Waals surface area contributed by atoms with Gasteiger partial charge in [0.05, 0.1) is 11.8 Å². The Kier molecular flexibility index (Phi) is 2.92. The van der Waals surface area contributed by atoms with E-state index in [0.29, 0.717) is 5.69 Å². The van der Waals surface area contributed by atoms with E-state index >= 15 is 0 Å². The first-order chi connectivity index (χ1) is 7.66. The van der Waals surface area contributed by atoms with Crippen molar-refractivity contribution in [2.75, 3.05) is 5.32 Å². The third-order valence-electron chi connectivity index (χ3n) is 1.95. The number of rotatable bonds is 2. The van der Waals surface area contributed by atoms with Gasteiger partial charge in [-0.2, -0.15) is 0 Å². The zero-order chi connectivity index (χ0) is 11.5. The number of nitrogens with one attached hydrogen (secondary N) is 1. The second-order valence-electron chi connectivity index (χ2n) is 3.07. The lowest BCUT2D eigenvalue weighted by molar-refractivity contribution is 0.102. The van der Waals surface area contributed by atoms with Gasteiger partial charge in [-0.15, -0.1) is 0 Å². The van der Waals surface area contributed by atoms with Crippen LogP contribution in [0.1, 0.15) is 10.4 Å². The molecule has 5 heteroatoms. The molecule has 0 atom stereocenters. The van der Waals surface area contributed by atoms with Crippen LogP contribution in [0.2, 0.25) is 5.22 Å². The van der Waals surface area contributed by atoms with Crippen LogP contribution in [0.3, 0.4) is 0 Å². The largest absolute Gasteiger partial charge is 0.452 e. The van der Waals surface area contributed by atoms with Crippen molar-refractivity contribution in [2.45, 2.75) is 0 Å². The molecule has 0 aliphatic heterocycles. The molecule has 1 aromatic carbocycles. The summed E-state index contributed by atoms with van der Waals surface area (Å²) in [6.45, 7) is 0. The van der Waals surface area contributed by atoms with Crippen LogP contribution in [0.4, 0.5) is 10.1 Å². The molecule has 0 aliphatic rings. The van der Waals surface area contributed by atoms with E-state index in [0.717, 1.165) is 0 Å². The number of carbonyl (C=O) groups is 1. The third kappa shape index (κ3) is 2.23. The molecule has 0 bridgehead atoms. The maximum Gasteiger partial charge on any atom is 0.260 e. The fourth-order valence-electron chi connectivity index (χ4n) is 1.22. The van der Waals surface area contributed by atoms with Crippen LogP contribution in [0.15, 0.2) is 41.0 Å². The standard InChI is InChI=1S/C11H7ClFNO2/c12-10-9(4-5-16-10)11(15)14-8-3-1-2-7(13)6-8/h1-6H,(H,14,15). The normalized spacial score (nSPS) is 10.1. The Morgan fingerprint density at radius 3 is 2.81 bits per heavy atom. The molecule has 16 heavy (non-hydrogen) atoms. The summed E-state index contributed by atoms with van der Waals surface area (Å²) in [6.07, 6.45) is 1.31. The zero-order valence-electron chi connectivity index (χ0n) is 8.04. The van der Waals surface area contributed by atoms with E-state index < -0.39 is 11.7 Å². The Hall–Kier alpha value is -1.81. The van der Waals surface area contributed by atoms with Gasteiger partial charge in [0.25, 0.3) is 5.91 Å². The predicted octanol–water partition coefficient (Wildman–Crippen LogP) is 3.32. The van der Waals surface area contributed by atoms with E-state index in [1.54, 1.807) is 6.07 Å². The highest BCUT2D eigenvalue weighted by Gasteiger charge is 2.12. The maximum atomic E-state index is 12.8. The highest BCUT2D eigenvalue weighted by molar-refractivity contribution is 6.32.